The van der Waals surface area contributed by atoms with Gasteiger partial charge in [0, 0.05) is 6.54 Å². The Labute approximate surface area is 115 Å². The lowest BCUT2D eigenvalue weighted by atomic mass is 10.1. The predicted molar refractivity (Wildman–Crippen MR) is 77.2 cm³/mol. The van der Waals surface area contributed by atoms with E-state index < -0.39 is 0 Å². The third-order valence-electron chi connectivity index (χ3n) is 3.10. The summed E-state index contributed by atoms with van der Waals surface area (Å²) in [5.74, 6) is 6.96. The van der Waals surface area contributed by atoms with Crippen LogP contribution in [0.1, 0.15) is 39.2 Å². The maximum atomic E-state index is 5.79. The van der Waals surface area contributed by atoms with Gasteiger partial charge in [0.15, 0.2) is 5.82 Å². The zero-order chi connectivity index (χ0) is 14.3. The van der Waals surface area contributed by atoms with Crippen LogP contribution in [0.3, 0.4) is 0 Å². The van der Waals surface area contributed by atoms with Gasteiger partial charge in [0.05, 0.1) is 5.56 Å². The molecule has 0 radical (unpaired) electrons. The molecule has 0 atom stereocenters. The summed E-state index contributed by atoms with van der Waals surface area (Å²) in [6.07, 6.45) is 1.47. The Morgan fingerprint density at radius 2 is 2.00 bits per heavy atom. The number of rotatable bonds is 8. The van der Waals surface area contributed by atoms with Gasteiger partial charge in [0.2, 0.25) is 5.88 Å². The van der Waals surface area contributed by atoms with Crippen molar-refractivity contribution in [2.45, 2.75) is 33.6 Å². The highest BCUT2D eigenvalue weighted by Crippen LogP contribution is 2.29. The van der Waals surface area contributed by atoms with Crippen molar-refractivity contribution < 1.29 is 4.74 Å². The van der Waals surface area contributed by atoms with Gasteiger partial charge in [-0.25, -0.2) is 15.8 Å². The molecule has 6 nitrogen and oxygen atoms in total. The number of nitrogens with one attached hydrogen (secondary N) is 1. The van der Waals surface area contributed by atoms with E-state index in [4.69, 9.17) is 10.6 Å². The molecule has 19 heavy (non-hydrogen) atoms. The van der Waals surface area contributed by atoms with E-state index in [0.29, 0.717) is 18.3 Å². The van der Waals surface area contributed by atoms with E-state index in [-0.39, 0.29) is 5.92 Å². The molecule has 1 heterocycles. The van der Waals surface area contributed by atoms with Gasteiger partial charge in [-0.1, -0.05) is 27.7 Å². The van der Waals surface area contributed by atoms with E-state index in [2.05, 4.69) is 48.0 Å². The minimum atomic E-state index is 0.246. The van der Waals surface area contributed by atoms with Crippen LogP contribution in [0.15, 0.2) is 6.33 Å². The van der Waals surface area contributed by atoms with Crippen LogP contribution in [0.4, 0.5) is 5.82 Å². The molecule has 0 unspecified atom stereocenters. The quantitative estimate of drug-likeness (QED) is 0.550. The van der Waals surface area contributed by atoms with Gasteiger partial charge in [-0.05, 0) is 19.0 Å². The SMILES string of the molecule is CCN(CC)CCOc1ncnc(NN)c1C(C)C. The number of likely N-dealkylation sites (N-methyl/N-ethyl adjacent to an activating group) is 1. The van der Waals surface area contributed by atoms with Gasteiger partial charge in [-0.3, -0.25) is 0 Å². The van der Waals surface area contributed by atoms with Crippen LogP contribution in [-0.2, 0) is 0 Å². The zero-order valence-corrected chi connectivity index (χ0v) is 12.3. The van der Waals surface area contributed by atoms with Crippen LogP contribution in [-0.4, -0.2) is 41.1 Å². The molecule has 0 aliphatic heterocycles. The number of nitrogen functional groups attached to an aromatic ring is 1. The first-order valence-electron chi connectivity index (χ1n) is 6.80. The van der Waals surface area contributed by atoms with Crippen LogP contribution in [0.2, 0.25) is 0 Å². The standard InChI is InChI=1S/C13H25N5O/c1-5-18(6-2)7-8-19-13-11(10(3)4)12(17-14)15-9-16-13/h9-10H,5-8,14H2,1-4H3,(H,15,16,17). The molecule has 1 aromatic heterocycles. The Bertz CT molecular complexity index is 379. The predicted octanol–water partition coefficient (Wildman–Crippen LogP) is 1.61. The molecule has 0 aliphatic rings. The monoisotopic (exact) mass is 267 g/mol. The Balaban J connectivity index is 2.72. The van der Waals surface area contributed by atoms with E-state index in [0.717, 1.165) is 25.2 Å². The summed E-state index contributed by atoms with van der Waals surface area (Å²) in [7, 11) is 0. The zero-order valence-electron chi connectivity index (χ0n) is 12.3. The molecule has 6 heteroatoms. The number of hydrazine groups is 1. The van der Waals surface area contributed by atoms with E-state index >= 15 is 0 Å². The number of hydrogen-bond acceptors (Lipinski definition) is 6. The highest BCUT2D eigenvalue weighted by Gasteiger charge is 2.15. The summed E-state index contributed by atoms with van der Waals surface area (Å²) >= 11 is 0. The average molecular weight is 267 g/mol. The maximum absolute atomic E-state index is 5.79. The van der Waals surface area contributed by atoms with Crippen molar-refractivity contribution in [3.8, 4) is 5.88 Å². The highest BCUT2D eigenvalue weighted by atomic mass is 16.5. The fourth-order valence-electron chi connectivity index (χ4n) is 1.94. The third-order valence-corrected chi connectivity index (χ3v) is 3.10. The lowest BCUT2D eigenvalue weighted by Crippen LogP contribution is -2.28. The van der Waals surface area contributed by atoms with Crippen LogP contribution in [0, 0.1) is 0 Å². The Kier molecular flexibility index (Phi) is 6.52. The number of aromatic nitrogens is 2. The summed E-state index contributed by atoms with van der Waals surface area (Å²) in [4.78, 5) is 10.6. The van der Waals surface area contributed by atoms with Crippen molar-refractivity contribution in [1.29, 1.82) is 0 Å². The van der Waals surface area contributed by atoms with Crippen LogP contribution < -0.4 is 16.0 Å². The molecule has 0 fully saturated rings. The van der Waals surface area contributed by atoms with Gasteiger partial charge in [-0.2, -0.15) is 0 Å². The number of anilines is 1. The lowest BCUT2D eigenvalue weighted by Gasteiger charge is -2.19. The van der Waals surface area contributed by atoms with Crippen molar-refractivity contribution in [2.24, 2.45) is 5.84 Å². The van der Waals surface area contributed by atoms with Crippen molar-refractivity contribution in [3.05, 3.63) is 11.9 Å². The number of nitrogens with two attached hydrogens (primary N) is 1. The highest BCUT2D eigenvalue weighted by molar-refractivity contribution is 5.49. The minimum Gasteiger partial charge on any atom is -0.476 e. The Hall–Kier alpha value is -1.40. The van der Waals surface area contributed by atoms with E-state index in [1.54, 1.807) is 0 Å². The molecule has 0 saturated heterocycles. The molecule has 0 amide bonds. The van der Waals surface area contributed by atoms with Crippen molar-refractivity contribution in [3.63, 3.8) is 0 Å². The van der Waals surface area contributed by atoms with Gasteiger partial charge in [0.25, 0.3) is 0 Å². The van der Waals surface area contributed by atoms with Gasteiger partial charge in [0.1, 0.15) is 12.9 Å². The molecule has 0 aromatic carbocycles. The summed E-state index contributed by atoms with van der Waals surface area (Å²) < 4.78 is 5.79. The van der Waals surface area contributed by atoms with Gasteiger partial charge >= 0.3 is 0 Å². The molecule has 0 saturated carbocycles. The first-order chi connectivity index (χ1) is 9.13. The summed E-state index contributed by atoms with van der Waals surface area (Å²) in [6.45, 7) is 12.0. The van der Waals surface area contributed by atoms with Crippen LogP contribution in [0.25, 0.3) is 0 Å². The normalized spacial score (nSPS) is 11.1. The van der Waals surface area contributed by atoms with Crippen molar-refractivity contribution in [2.75, 3.05) is 31.7 Å². The fraction of sp³-hybridized carbons (Fsp3) is 0.692. The Morgan fingerprint density at radius 3 is 2.53 bits per heavy atom. The molecule has 0 spiro atoms. The topological polar surface area (TPSA) is 76.3 Å². The summed E-state index contributed by atoms with van der Waals surface area (Å²) in [5, 5.41) is 0. The first kappa shape index (κ1) is 15.7. The maximum Gasteiger partial charge on any atom is 0.222 e. The molecule has 0 bridgehead atoms. The molecular formula is C13H25N5O. The lowest BCUT2D eigenvalue weighted by molar-refractivity contribution is 0.216. The molecule has 108 valence electrons. The second-order valence-electron chi connectivity index (χ2n) is 4.62. The Morgan fingerprint density at radius 1 is 1.32 bits per heavy atom. The van der Waals surface area contributed by atoms with Crippen LogP contribution >= 0.6 is 0 Å². The van der Waals surface area contributed by atoms with E-state index in [9.17, 15) is 0 Å². The van der Waals surface area contributed by atoms with E-state index in [1.165, 1.54) is 6.33 Å². The van der Waals surface area contributed by atoms with Crippen molar-refractivity contribution >= 4 is 5.82 Å². The smallest absolute Gasteiger partial charge is 0.222 e. The summed E-state index contributed by atoms with van der Waals surface area (Å²) in [5.41, 5.74) is 3.52. The first-order valence-corrected chi connectivity index (χ1v) is 6.80. The largest absolute Gasteiger partial charge is 0.476 e. The number of ether oxygens (including phenoxy) is 1. The molecular weight excluding hydrogens is 242 g/mol. The molecule has 0 aliphatic carbocycles. The second kappa shape index (κ2) is 7.91. The third kappa shape index (κ3) is 4.33. The second-order valence-corrected chi connectivity index (χ2v) is 4.62. The minimum absolute atomic E-state index is 0.246. The van der Waals surface area contributed by atoms with Gasteiger partial charge in [-0.15, -0.1) is 0 Å². The average Bonchev–Trinajstić information content (AvgIpc) is 2.42. The number of nitrogens with zero attached hydrogens (tertiary/aromatic N) is 3. The molecule has 3 N–H and O–H groups in total. The van der Waals surface area contributed by atoms with E-state index in [1.807, 2.05) is 0 Å². The van der Waals surface area contributed by atoms with Crippen LogP contribution in [0.5, 0.6) is 5.88 Å². The number of hydrogen-bond donors (Lipinski definition) is 2. The molecule has 1 rings (SSSR count). The van der Waals surface area contributed by atoms with Gasteiger partial charge < -0.3 is 15.1 Å². The molecule has 1 aromatic rings. The van der Waals surface area contributed by atoms with Crippen molar-refractivity contribution in [1.82, 2.24) is 14.9 Å². The fourth-order valence-corrected chi connectivity index (χ4v) is 1.94. The summed E-state index contributed by atoms with van der Waals surface area (Å²) in [6, 6.07) is 0.